The normalized spacial score (nSPS) is 17.3. The van der Waals surface area contributed by atoms with Crippen LogP contribution in [0.1, 0.15) is 25.0 Å². The molecule has 1 unspecified atom stereocenters. The molecule has 0 aliphatic carbocycles. The average molecular weight is 391 g/mol. The van der Waals surface area contributed by atoms with Gasteiger partial charge in [-0.05, 0) is 31.5 Å². The molecular weight excluding hydrogens is 371 g/mol. The Morgan fingerprint density at radius 3 is 2.52 bits per heavy atom. The van der Waals surface area contributed by atoms with Gasteiger partial charge in [-0.1, -0.05) is 0 Å². The van der Waals surface area contributed by atoms with E-state index in [1.807, 2.05) is 0 Å². The van der Waals surface area contributed by atoms with Crippen LogP contribution in [0.5, 0.6) is 5.75 Å². The molecule has 1 aliphatic heterocycles. The highest BCUT2D eigenvalue weighted by atomic mass is 19.4. The quantitative estimate of drug-likeness (QED) is 0.768. The largest absolute Gasteiger partial charge is 0.481 e. The lowest BCUT2D eigenvalue weighted by atomic mass is 9.97. The summed E-state index contributed by atoms with van der Waals surface area (Å²) in [5.41, 5.74) is -3.14. The van der Waals surface area contributed by atoms with E-state index in [0.717, 1.165) is 11.0 Å². The molecule has 0 saturated carbocycles. The Bertz CT molecular complexity index is 747. The fourth-order valence-corrected chi connectivity index (χ4v) is 2.87. The minimum Gasteiger partial charge on any atom is -0.481 e. The van der Waals surface area contributed by atoms with E-state index in [2.05, 4.69) is 0 Å². The van der Waals surface area contributed by atoms with Gasteiger partial charge in [0.05, 0.1) is 36.9 Å². The number of rotatable bonds is 6. The van der Waals surface area contributed by atoms with Crippen molar-refractivity contribution in [3.63, 3.8) is 0 Å². The van der Waals surface area contributed by atoms with Gasteiger partial charge in [0.25, 0.3) is 5.91 Å². The number of carbonyl (C=O) groups is 2. The molecule has 27 heavy (non-hydrogen) atoms. The number of anilines is 1. The number of benzene rings is 1. The van der Waals surface area contributed by atoms with Gasteiger partial charge in [0.15, 0.2) is 5.60 Å². The van der Waals surface area contributed by atoms with Crippen LogP contribution >= 0.6 is 0 Å². The van der Waals surface area contributed by atoms with E-state index < -0.39 is 47.3 Å². The maximum absolute atomic E-state index is 13.4. The zero-order chi connectivity index (χ0) is 20.6. The summed E-state index contributed by atoms with van der Waals surface area (Å²) >= 11 is 0. The number of aliphatic carboxylic acids is 1. The number of amides is 1. The molecule has 10 heteroatoms. The van der Waals surface area contributed by atoms with Crippen LogP contribution < -0.4 is 9.64 Å². The number of fused-ring (bicyclic) bond motifs is 1. The fraction of sp³-hybridized carbons (Fsp3) is 0.529. The van der Waals surface area contributed by atoms with Crippen molar-refractivity contribution >= 4 is 17.6 Å². The van der Waals surface area contributed by atoms with Crippen LogP contribution in [0.4, 0.5) is 18.9 Å². The molecule has 1 aliphatic rings. The molecule has 1 aromatic carbocycles. The van der Waals surface area contributed by atoms with Crippen LogP contribution in [0.3, 0.4) is 0 Å². The fourth-order valence-electron chi connectivity index (χ4n) is 2.87. The van der Waals surface area contributed by atoms with Crippen molar-refractivity contribution in [2.45, 2.75) is 38.1 Å². The highest BCUT2D eigenvalue weighted by Crippen LogP contribution is 2.44. The zero-order valence-electron chi connectivity index (χ0n) is 15.0. The first-order valence-corrected chi connectivity index (χ1v) is 8.00. The second kappa shape index (κ2) is 7.35. The van der Waals surface area contributed by atoms with Crippen molar-refractivity contribution in [3.8, 4) is 5.75 Å². The Balaban J connectivity index is 2.61. The van der Waals surface area contributed by atoms with Gasteiger partial charge >= 0.3 is 12.1 Å². The Hall–Kier alpha value is -2.33. The number of aliphatic hydroxyl groups excluding tert-OH is 1. The van der Waals surface area contributed by atoms with Gasteiger partial charge in [0.1, 0.15) is 5.75 Å². The number of nitrogens with zero attached hydrogens (tertiary/aromatic N) is 1. The summed E-state index contributed by atoms with van der Waals surface area (Å²) in [6.07, 6.45) is -6.77. The Morgan fingerprint density at radius 2 is 2.00 bits per heavy atom. The number of aliphatic hydroxyl groups is 1. The zero-order valence-corrected chi connectivity index (χ0v) is 15.0. The predicted octanol–water partition coefficient (Wildman–Crippen LogP) is 1.84. The van der Waals surface area contributed by atoms with Crippen molar-refractivity contribution in [1.82, 2.24) is 0 Å². The molecule has 7 nitrogen and oxygen atoms in total. The summed E-state index contributed by atoms with van der Waals surface area (Å²) in [6.45, 7) is 2.45. The minimum absolute atomic E-state index is 0.0290. The van der Waals surface area contributed by atoms with Crippen molar-refractivity contribution in [2.75, 3.05) is 25.2 Å². The predicted molar refractivity (Wildman–Crippen MR) is 87.7 cm³/mol. The molecule has 0 radical (unpaired) electrons. The van der Waals surface area contributed by atoms with Gasteiger partial charge in [0.2, 0.25) is 0 Å². The van der Waals surface area contributed by atoms with Crippen LogP contribution in [0.2, 0.25) is 0 Å². The number of carbonyl (C=O) groups excluding carboxylic acids is 1. The van der Waals surface area contributed by atoms with Crippen LogP contribution in [0.15, 0.2) is 12.1 Å². The molecule has 1 aromatic rings. The SMILES string of the molecule is COCC(O)CN1C(=O)C(C)(C)Oc2cc(C(F)(F)F)c(CC(=O)O)cc21. The standard InChI is InChI=1S/C17H20F3NO6/c1-16(2)15(25)21(7-10(22)8-26-3)12-4-9(5-14(23)24)11(17(18,19)20)6-13(12)27-16/h4,6,10,22H,5,7-8H2,1-3H3,(H,23,24). The molecule has 0 spiro atoms. The highest BCUT2D eigenvalue weighted by molar-refractivity contribution is 6.02. The maximum atomic E-state index is 13.4. The Morgan fingerprint density at radius 1 is 1.37 bits per heavy atom. The maximum Gasteiger partial charge on any atom is 0.416 e. The van der Waals surface area contributed by atoms with Crippen molar-refractivity contribution < 1.29 is 42.4 Å². The molecule has 2 rings (SSSR count). The molecular formula is C17H20F3NO6. The minimum atomic E-state index is -4.80. The molecule has 2 N–H and O–H groups in total. The summed E-state index contributed by atoms with van der Waals surface area (Å²) in [5.74, 6) is -2.24. The number of halogens is 3. The van der Waals surface area contributed by atoms with Crippen molar-refractivity contribution in [3.05, 3.63) is 23.3 Å². The lowest BCUT2D eigenvalue weighted by Crippen LogP contribution is -2.54. The van der Waals surface area contributed by atoms with Gasteiger partial charge in [-0.2, -0.15) is 13.2 Å². The number of methoxy groups -OCH3 is 1. The number of hydrogen-bond donors (Lipinski definition) is 2. The number of hydrogen-bond acceptors (Lipinski definition) is 5. The molecule has 1 amide bonds. The summed E-state index contributed by atoms with van der Waals surface area (Å²) in [5, 5.41) is 18.9. The summed E-state index contributed by atoms with van der Waals surface area (Å²) in [7, 11) is 1.35. The Labute approximate surface area is 153 Å². The van der Waals surface area contributed by atoms with Crippen LogP contribution in [0, 0.1) is 0 Å². The number of ether oxygens (including phenoxy) is 2. The third kappa shape index (κ3) is 4.51. The van der Waals surface area contributed by atoms with Crippen molar-refractivity contribution in [2.24, 2.45) is 0 Å². The highest BCUT2D eigenvalue weighted by Gasteiger charge is 2.44. The average Bonchev–Trinajstić information content (AvgIpc) is 2.50. The van der Waals surface area contributed by atoms with E-state index in [9.17, 15) is 27.9 Å². The van der Waals surface area contributed by atoms with Crippen LogP contribution in [-0.4, -0.2) is 54.1 Å². The molecule has 1 heterocycles. The number of β-amino-alcohol motifs (C(OH)–C–C–N with tert-alkyl or cyclic N) is 1. The summed E-state index contributed by atoms with van der Waals surface area (Å²) in [4.78, 5) is 24.8. The third-order valence-corrected chi connectivity index (χ3v) is 4.00. The van der Waals surface area contributed by atoms with E-state index in [1.54, 1.807) is 0 Å². The molecule has 150 valence electrons. The molecule has 1 atom stereocenters. The van der Waals surface area contributed by atoms with E-state index in [-0.39, 0.29) is 24.6 Å². The topological polar surface area (TPSA) is 96.3 Å². The summed E-state index contributed by atoms with van der Waals surface area (Å²) < 4.78 is 50.3. The van der Waals surface area contributed by atoms with E-state index in [1.165, 1.54) is 21.0 Å². The second-order valence-corrected chi connectivity index (χ2v) is 6.68. The number of carboxylic acids is 1. The molecule has 0 bridgehead atoms. The number of alkyl halides is 3. The van der Waals surface area contributed by atoms with Gasteiger partial charge in [-0.25, -0.2) is 0 Å². The molecule has 0 saturated heterocycles. The van der Waals surface area contributed by atoms with Crippen LogP contribution in [0.25, 0.3) is 0 Å². The monoisotopic (exact) mass is 391 g/mol. The van der Waals surface area contributed by atoms with Gasteiger partial charge in [-0.15, -0.1) is 0 Å². The Kier molecular flexibility index (Phi) is 5.71. The van der Waals surface area contributed by atoms with E-state index in [0.29, 0.717) is 6.07 Å². The lowest BCUT2D eigenvalue weighted by molar-refractivity contribution is -0.139. The van der Waals surface area contributed by atoms with Gasteiger partial charge < -0.3 is 24.6 Å². The molecule has 0 aromatic heterocycles. The third-order valence-electron chi connectivity index (χ3n) is 4.00. The van der Waals surface area contributed by atoms with E-state index in [4.69, 9.17) is 14.6 Å². The first-order chi connectivity index (χ1) is 12.4. The van der Waals surface area contributed by atoms with Gasteiger partial charge in [-0.3, -0.25) is 9.59 Å². The van der Waals surface area contributed by atoms with Gasteiger partial charge in [0, 0.05) is 7.11 Å². The van der Waals surface area contributed by atoms with E-state index >= 15 is 0 Å². The first kappa shape index (κ1) is 21.0. The molecule has 0 fully saturated rings. The first-order valence-electron chi connectivity index (χ1n) is 8.00. The second-order valence-electron chi connectivity index (χ2n) is 6.68. The lowest BCUT2D eigenvalue weighted by Gasteiger charge is -2.40. The smallest absolute Gasteiger partial charge is 0.416 e. The van der Waals surface area contributed by atoms with Crippen molar-refractivity contribution in [1.29, 1.82) is 0 Å². The number of carboxylic acid groups (broad SMARTS) is 1. The van der Waals surface area contributed by atoms with Crippen LogP contribution in [-0.2, 0) is 26.9 Å². The summed E-state index contributed by atoms with van der Waals surface area (Å²) in [6, 6.07) is 1.66.